The van der Waals surface area contributed by atoms with Gasteiger partial charge in [0.2, 0.25) is 0 Å². The van der Waals surface area contributed by atoms with Crippen LogP contribution in [0.3, 0.4) is 0 Å². The van der Waals surface area contributed by atoms with Crippen LogP contribution in [0.5, 0.6) is 11.5 Å². The normalized spacial score (nSPS) is 11.3. The van der Waals surface area contributed by atoms with Crippen molar-refractivity contribution < 1.29 is 14.6 Å². The summed E-state index contributed by atoms with van der Waals surface area (Å²) in [5, 5.41) is 10.4. The Labute approximate surface area is 94.6 Å². The molecule has 15 heavy (non-hydrogen) atoms. The van der Waals surface area contributed by atoms with E-state index in [9.17, 15) is 5.11 Å². The molecule has 4 heteroatoms. The lowest BCUT2D eigenvalue weighted by Gasteiger charge is -2.21. The zero-order chi connectivity index (χ0) is 11.6. The molecule has 0 fully saturated rings. The summed E-state index contributed by atoms with van der Waals surface area (Å²) < 4.78 is 10.2. The summed E-state index contributed by atoms with van der Waals surface area (Å²) in [5.41, 5.74) is -0.364. The smallest absolute Gasteiger partial charge is 0.141 e. The predicted octanol–water partition coefficient (Wildman–Crippen LogP) is 2.58. The van der Waals surface area contributed by atoms with E-state index >= 15 is 0 Å². The van der Waals surface area contributed by atoms with Gasteiger partial charge in [0.05, 0.1) is 24.8 Å². The maximum absolute atomic E-state index is 9.91. The molecular weight excluding hydrogens is 216 g/mol. The monoisotopic (exact) mass is 230 g/mol. The van der Waals surface area contributed by atoms with Crippen LogP contribution in [0, 0.1) is 0 Å². The number of benzene rings is 1. The van der Waals surface area contributed by atoms with Crippen molar-refractivity contribution in [3.8, 4) is 11.5 Å². The van der Waals surface area contributed by atoms with E-state index in [0.717, 1.165) is 0 Å². The molecule has 0 atom stereocenters. The van der Waals surface area contributed by atoms with Gasteiger partial charge >= 0.3 is 0 Å². The molecule has 0 amide bonds. The number of rotatable bonds is 3. The van der Waals surface area contributed by atoms with Crippen molar-refractivity contribution in [1.82, 2.24) is 0 Å². The van der Waals surface area contributed by atoms with Crippen LogP contribution >= 0.6 is 11.6 Å². The molecule has 0 aliphatic carbocycles. The first-order chi connectivity index (χ1) is 6.90. The van der Waals surface area contributed by atoms with Crippen LogP contribution in [-0.2, 0) is 5.60 Å². The molecule has 0 aliphatic rings. The Hall–Kier alpha value is -0.930. The molecule has 1 N–H and O–H groups in total. The van der Waals surface area contributed by atoms with Gasteiger partial charge in [-0.3, -0.25) is 0 Å². The van der Waals surface area contributed by atoms with E-state index < -0.39 is 5.60 Å². The maximum Gasteiger partial charge on any atom is 0.141 e. The fourth-order valence-electron chi connectivity index (χ4n) is 1.34. The molecule has 0 spiro atoms. The van der Waals surface area contributed by atoms with Gasteiger partial charge in [0.15, 0.2) is 0 Å². The topological polar surface area (TPSA) is 38.7 Å². The van der Waals surface area contributed by atoms with E-state index in [1.807, 2.05) is 0 Å². The highest BCUT2D eigenvalue weighted by Crippen LogP contribution is 2.37. The number of hydrogen-bond donors (Lipinski definition) is 1. The third-order valence-electron chi connectivity index (χ3n) is 2.13. The van der Waals surface area contributed by atoms with Gasteiger partial charge in [0, 0.05) is 11.6 Å². The van der Waals surface area contributed by atoms with E-state index in [-0.39, 0.29) is 0 Å². The summed E-state index contributed by atoms with van der Waals surface area (Å²) in [7, 11) is 3.07. The van der Waals surface area contributed by atoms with Crippen molar-refractivity contribution in [2.75, 3.05) is 14.2 Å². The van der Waals surface area contributed by atoms with Crippen LogP contribution in [0.25, 0.3) is 0 Å². The molecule has 3 nitrogen and oxygen atoms in total. The molecule has 0 aliphatic heterocycles. The van der Waals surface area contributed by atoms with Gasteiger partial charge in [-0.25, -0.2) is 0 Å². The molecule has 0 aromatic heterocycles. The minimum atomic E-state index is -0.999. The van der Waals surface area contributed by atoms with Crippen LogP contribution in [0.2, 0.25) is 5.02 Å². The Morgan fingerprint density at radius 2 is 1.67 bits per heavy atom. The second kappa shape index (κ2) is 4.29. The average molecular weight is 231 g/mol. The SMILES string of the molecule is COc1cc(OC)c(C(C)(C)O)cc1Cl. The number of ether oxygens (including phenoxy) is 2. The number of aliphatic hydroxyl groups is 1. The van der Waals surface area contributed by atoms with Crippen molar-refractivity contribution >= 4 is 11.6 Å². The quantitative estimate of drug-likeness (QED) is 0.868. The third kappa shape index (κ3) is 2.55. The van der Waals surface area contributed by atoms with Gasteiger partial charge in [0.1, 0.15) is 11.5 Å². The van der Waals surface area contributed by atoms with Gasteiger partial charge in [-0.2, -0.15) is 0 Å². The number of halogens is 1. The molecule has 0 heterocycles. The lowest BCUT2D eigenvalue weighted by atomic mass is 9.97. The highest BCUT2D eigenvalue weighted by atomic mass is 35.5. The Kier molecular flexibility index (Phi) is 3.47. The molecule has 84 valence electrons. The van der Waals surface area contributed by atoms with Gasteiger partial charge in [-0.15, -0.1) is 0 Å². The van der Waals surface area contributed by atoms with Crippen molar-refractivity contribution in [3.05, 3.63) is 22.7 Å². The summed E-state index contributed by atoms with van der Waals surface area (Å²) in [5.74, 6) is 1.09. The van der Waals surface area contributed by atoms with Crippen LogP contribution in [0.4, 0.5) is 0 Å². The second-order valence-corrected chi connectivity index (χ2v) is 4.15. The van der Waals surface area contributed by atoms with Crippen LogP contribution < -0.4 is 9.47 Å². The van der Waals surface area contributed by atoms with Gasteiger partial charge in [-0.1, -0.05) is 11.6 Å². The predicted molar refractivity (Wildman–Crippen MR) is 59.8 cm³/mol. The summed E-state index contributed by atoms with van der Waals surface area (Å²) in [4.78, 5) is 0. The van der Waals surface area contributed by atoms with Crippen LogP contribution in [-0.4, -0.2) is 19.3 Å². The molecule has 1 aromatic rings. The Morgan fingerprint density at radius 1 is 1.13 bits per heavy atom. The van der Waals surface area contributed by atoms with Crippen LogP contribution in [0.1, 0.15) is 19.4 Å². The van der Waals surface area contributed by atoms with Crippen LogP contribution in [0.15, 0.2) is 12.1 Å². The van der Waals surface area contributed by atoms with Gasteiger partial charge in [-0.05, 0) is 19.9 Å². The summed E-state index contributed by atoms with van der Waals surface area (Å²) in [6.45, 7) is 3.35. The average Bonchev–Trinajstić information content (AvgIpc) is 2.16. The second-order valence-electron chi connectivity index (χ2n) is 3.75. The van der Waals surface area contributed by atoms with E-state index in [0.29, 0.717) is 22.1 Å². The summed E-state index contributed by atoms with van der Waals surface area (Å²) in [6, 6.07) is 3.31. The molecule has 1 aromatic carbocycles. The van der Waals surface area contributed by atoms with E-state index in [4.69, 9.17) is 21.1 Å². The van der Waals surface area contributed by atoms with E-state index in [1.165, 1.54) is 14.2 Å². The number of methoxy groups -OCH3 is 2. The van der Waals surface area contributed by atoms with Gasteiger partial charge in [0.25, 0.3) is 0 Å². The first kappa shape index (κ1) is 12.1. The Morgan fingerprint density at radius 3 is 2.07 bits per heavy atom. The van der Waals surface area contributed by atoms with Crippen molar-refractivity contribution in [3.63, 3.8) is 0 Å². The summed E-state index contributed by atoms with van der Waals surface area (Å²) in [6.07, 6.45) is 0. The molecule has 0 saturated heterocycles. The first-order valence-corrected chi connectivity index (χ1v) is 4.92. The highest BCUT2D eigenvalue weighted by Gasteiger charge is 2.22. The van der Waals surface area contributed by atoms with Crippen molar-refractivity contribution in [1.29, 1.82) is 0 Å². The lowest BCUT2D eigenvalue weighted by molar-refractivity contribution is 0.0756. The maximum atomic E-state index is 9.91. The standard InChI is InChI=1S/C11H15ClO3/c1-11(2,13)7-5-8(12)10(15-4)6-9(7)14-3/h5-6,13H,1-4H3. The Balaban J connectivity index is 3.34. The number of hydrogen-bond acceptors (Lipinski definition) is 3. The minimum absolute atomic E-state index is 0.454. The molecule has 0 unspecified atom stereocenters. The van der Waals surface area contributed by atoms with Crippen molar-refractivity contribution in [2.45, 2.75) is 19.4 Å². The van der Waals surface area contributed by atoms with Gasteiger partial charge < -0.3 is 14.6 Å². The zero-order valence-corrected chi connectivity index (χ0v) is 10.1. The fraction of sp³-hybridized carbons (Fsp3) is 0.455. The molecular formula is C11H15ClO3. The lowest BCUT2D eigenvalue weighted by Crippen LogP contribution is -2.16. The van der Waals surface area contributed by atoms with E-state index in [2.05, 4.69) is 0 Å². The largest absolute Gasteiger partial charge is 0.496 e. The molecule has 0 bridgehead atoms. The minimum Gasteiger partial charge on any atom is -0.496 e. The highest BCUT2D eigenvalue weighted by molar-refractivity contribution is 6.32. The Bertz CT molecular complexity index is 356. The molecule has 0 saturated carbocycles. The first-order valence-electron chi connectivity index (χ1n) is 4.54. The fourth-order valence-corrected chi connectivity index (χ4v) is 1.58. The zero-order valence-electron chi connectivity index (χ0n) is 9.30. The van der Waals surface area contributed by atoms with E-state index in [1.54, 1.807) is 26.0 Å². The van der Waals surface area contributed by atoms with Crippen molar-refractivity contribution in [2.24, 2.45) is 0 Å². The third-order valence-corrected chi connectivity index (χ3v) is 2.43. The molecule has 1 rings (SSSR count). The molecule has 0 radical (unpaired) electrons. The summed E-state index contributed by atoms with van der Waals surface area (Å²) >= 11 is 5.97.